The Labute approximate surface area is 103 Å². The SMILES string of the molecule is Cc1cccc(C(=O)O)c1NC(=O)c1ccco1. The third-order valence-electron chi connectivity index (χ3n) is 2.49. The summed E-state index contributed by atoms with van der Waals surface area (Å²) in [5.74, 6) is -1.43. The fourth-order valence-corrected chi connectivity index (χ4v) is 1.59. The smallest absolute Gasteiger partial charge is 0.337 e. The van der Waals surface area contributed by atoms with E-state index in [1.165, 1.54) is 18.4 Å². The van der Waals surface area contributed by atoms with Gasteiger partial charge in [-0.25, -0.2) is 4.79 Å². The van der Waals surface area contributed by atoms with Gasteiger partial charge in [0.25, 0.3) is 5.91 Å². The Morgan fingerprint density at radius 3 is 2.61 bits per heavy atom. The number of amides is 1. The molecule has 0 saturated heterocycles. The second-order valence-corrected chi connectivity index (χ2v) is 3.73. The molecule has 0 spiro atoms. The van der Waals surface area contributed by atoms with E-state index in [1.54, 1.807) is 25.1 Å². The standard InChI is InChI=1S/C13H11NO4/c1-8-4-2-5-9(13(16)17)11(8)14-12(15)10-6-3-7-18-10/h2-7H,1H3,(H,14,15)(H,16,17). The lowest BCUT2D eigenvalue weighted by Gasteiger charge is -2.10. The molecule has 2 rings (SSSR count). The predicted molar refractivity (Wildman–Crippen MR) is 64.8 cm³/mol. The number of carbonyl (C=O) groups excluding carboxylic acids is 1. The number of para-hydroxylation sites is 1. The topological polar surface area (TPSA) is 79.5 Å². The van der Waals surface area contributed by atoms with Gasteiger partial charge in [-0.2, -0.15) is 0 Å². The molecule has 0 aliphatic heterocycles. The average molecular weight is 245 g/mol. The number of carboxylic acids is 1. The maximum absolute atomic E-state index is 11.8. The molecule has 1 aromatic carbocycles. The van der Waals surface area contributed by atoms with Gasteiger partial charge in [0, 0.05) is 0 Å². The summed E-state index contributed by atoms with van der Waals surface area (Å²) in [4.78, 5) is 22.9. The maximum atomic E-state index is 11.8. The monoisotopic (exact) mass is 245 g/mol. The second-order valence-electron chi connectivity index (χ2n) is 3.73. The Morgan fingerprint density at radius 1 is 1.22 bits per heavy atom. The quantitative estimate of drug-likeness (QED) is 0.870. The molecular formula is C13H11NO4. The summed E-state index contributed by atoms with van der Waals surface area (Å²) in [7, 11) is 0. The van der Waals surface area contributed by atoms with Crippen molar-refractivity contribution in [2.45, 2.75) is 6.92 Å². The molecule has 2 aromatic rings. The molecule has 0 unspecified atom stereocenters. The third-order valence-corrected chi connectivity index (χ3v) is 2.49. The van der Waals surface area contributed by atoms with Gasteiger partial charge in [-0.15, -0.1) is 0 Å². The van der Waals surface area contributed by atoms with E-state index >= 15 is 0 Å². The van der Waals surface area contributed by atoms with Crippen LogP contribution in [0.5, 0.6) is 0 Å². The van der Waals surface area contributed by atoms with Gasteiger partial charge in [-0.05, 0) is 30.7 Å². The first-order valence-corrected chi connectivity index (χ1v) is 5.27. The highest BCUT2D eigenvalue weighted by Crippen LogP contribution is 2.21. The van der Waals surface area contributed by atoms with E-state index in [1.807, 2.05) is 0 Å². The molecule has 0 bridgehead atoms. The van der Waals surface area contributed by atoms with Gasteiger partial charge in [0.15, 0.2) is 5.76 Å². The van der Waals surface area contributed by atoms with Crippen LogP contribution in [0.3, 0.4) is 0 Å². The fraction of sp³-hybridized carbons (Fsp3) is 0.0769. The minimum atomic E-state index is -1.09. The molecule has 0 aliphatic carbocycles. The van der Waals surface area contributed by atoms with E-state index in [4.69, 9.17) is 9.52 Å². The molecule has 5 heteroatoms. The first kappa shape index (κ1) is 11.9. The van der Waals surface area contributed by atoms with Crippen LogP contribution in [-0.4, -0.2) is 17.0 Å². The van der Waals surface area contributed by atoms with Gasteiger partial charge >= 0.3 is 5.97 Å². The lowest BCUT2D eigenvalue weighted by molar-refractivity contribution is 0.0698. The van der Waals surface area contributed by atoms with Gasteiger partial charge in [0.1, 0.15) is 0 Å². The Bertz CT molecular complexity index is 587. The maximum Gasteiger partial charge on any atom is 0.337 e. The number of aryl methyl sites for hydroxylation is 1. The lowest BCUT2D eigenvalue weighted by atomic mass is 10.1. The highest BCUT2D eigenvalue weighted by atomic mass is 16.4. The number of hydrogen-bond donors (Lipinski definition) is 2. The van der Waals surface area contributed by atoms with Crippen molar-refractivity contribution < 1.29 is 19.1 Å². The van der Waals surface area contributed by atoms with Crippen LogP contribution in [0.1, 0.15) is 26.5 Å². The number of anilines is 1. The molecule has 1 amide bonds. The van der Waals surface area contributed by atoms with E-state index in [2.05, 4.69) is 5.32 Å². The molecule has 1 aromatic heterocycles. The number of carboxylic acid groups (broad SMARTS) is 1. The molecule has 0 atom stereocenters. The van der Waals surface area contributed by atoms with Gasteiger partial charge in [0.05, 0.1) is 17.5 Å². The molecule has 18 heavy (non-hydrogen) atoms. The number of rotatable bonds is 3. The summed E-state index contributed by atoms with van der Waals surface area (Å²) in [5, 5.41) is 11.6. The van der Waals surface area contributed by atoms with Crippen LogP contribution in [0.2, 0.25) is 0 Å². The van der Waals surface area contributed by atoms with Gasteiger partial charge in [-0.3, -0.25) is 4.79 Å². The van der Waals surface area contributed by atoms with Crippen LogP contribution in [0.25, 0.3) is 0 Å². The van der Waals surface area contributed by atoms with Crippen LogP contribution < -0.4 is 5.32 Å². The molecule has 0 saturated carbocycles. The van der Waals surface area contributed by atoms with Gasteiger partial charge in [0.2, 0.25) is 0 Å². The van der Waals surface area contributed by atoms with E-state index in [0.29, 0.717) is 5.56 Å². The van der Waals surface area contributed by atoms with Crippen molar-refractivity contribution in [3.8, 4) is 0 Å². The molecule has 0 aliphatic rings. The number of hydrogen-bond acceptors (Lipinski definition) is 3. The molecule has 1 heterocycles. The largest absolute Gasteiger partial charge is 0.478 e. The number of carbonyl (C=O) groups is 2. The van der Waals surface area contributed by atoms with E-state index in [9.17, 15) is 9.59 Å². The summed E-state index contributed by atoms with van der Waals surface area (Å²) in [6.45, 7) is 1.73. The number of benzene rings is 1. The summed E-state index contributed by atoms with van der Waals surface area (Å²) >= 11 is 0. The third kappa shape index (κ3) is 2.24. The Morgan fingerprint density at radius 2 is 2.00 bits per heavy atom. The predicted octanol–water partition coefficient (Wildman–Crippen LogP) is 2.54. The number of furan rings is 1. The minimum Gasteiger partial charge on any atom is -0.478 e. The summed E-state index contributed by atoms with van der Waals surface area (Å²) < 4.78 is 4.95. The molecular weight excluding hydrogens is 234 g/mol. The van der Waals surface area contributed by atoms with Crippen LogP contribution >= 0.6 is 0 Å². The van der Waals surface area contributed by atoms with Crippen LogP contribution in [0, 0.1) is 6.92 Å². The first-order valence-electron chi connectivity index (χ1n) is 5.27. The first-order chi connectivity index (χ1) is 8.59. The summed E-state index contributed by atoms with van der Waals surface area (Å²) in [5.41, 5.74) is 1.01. The van der Waals surface area contributed by atoms with Crippen molar-refractivity contribution >= 4 is 17.6 Å². The zero-order valence-corrected chi connectivity index (χ0v) is 9.64. The second kappa shape index (κ2) is 4.75. The van der Waals surface area contributed by atoms with Crippen molar-refractivity contribution in [2.75, 3.05) is 5.32 Å². The highest BCUT2D eigenvalue weighted by molar-refractivity contribution is 6.06. The van der Waals surface area contributed by atoms with E-state index in [-0.39, 0.29) is 17.0 Å². The zero-order chi connectivity index (χ0) is 13.1. The fourth-order valence-electron chi connectivity index (χ4n) is 1.59. The molecule has 0 fully saturated rings. The normalized spacial score (nSPS) is 10.1. The van der Waals surface area contributed by atoms with Gasteiger partial charge < -0.3 is 14.8 Å². The molecule has 5 nitrogen and oxygen atoms in total. The number of nitrogens with one attached hydrogen (secondary N) is 1. The summed E-state index contributed by atoms with van der Waals surface area (Å²) in [6.07, 6.45) is 1.38. The van der Waals surface area contributed by atoms with Crippen molar-refractivity contribution in [3.63, 3.8) is 0 Å². The van der Waals surface area contributed by atoms with E-state index in [0.717, 1.165) is 0 Å². The van der Waals surface area contributed by atoms with Crippen LogP contribution in [-0.2, 0) is 0 Å². The summed E-state index contributed by atoms with van der Waals surface area (Å²) in [6, 6.07) is 7.89. The van der Waals surface area contributed by atoms with E-state index < -0.39 is 11.9 Å². The van der Waals surface area contributed by atoms with Crippen molar-refractivity contribution in [1.29, 1.82) is 0 Å². The molecule has 0 radical (unpaired) electrons. The number of aromatic carboxylic acids is 1. The Balaban J connectivity index is 2.34. The zero-order valence-electron chi connectivity index (χ0n) is 9.64. The van der Waals surface area contributed by atoms with Crippen LogP contribution in [0.15, 0.2) is 41.0 Å². The lowest BCUT2D eigenvalue weighted by Crippen LogP contribution is -2.15. The Hall–Kier alpha value is -2.56. The average Bonchev–Trinajstić information content (AvgIpc) is 2.85. The van der Waals surface area contributed by atoms with Crippen molar-refractivity contribution in [3.05, 3.63) is 53.5 Å². The van der Waals surface area contributed by atoms with Crippen molar-refractivity contribution in [2.24, 2.45) is 0 Å². The van der Waals surface area contributed by atoms with Crippen molar-refractivity contribution in [1.82, 2.24) is 0 Å². The molecule has 92 valence electrons. The molecule has 2 N–H and O–H groups in total. The van der Waals surface area contributed by atoms with Crippen LogP contribution in [0.4, 0.5) is 5.69 Å². The van der Waals surface area contributed by atoms with Gasteiger partial charge in [-0.1, -0.05) is 12.1 Å². The highest BCUT2D eigenvalue weighted by Gasteiger charge is 2.16. The Kier molecular flexibility index (Phi) is 3.14. The minimum absolute atomic E-state index is 0.0508.